The van der Waals surface area contributed by atoms with Gasteiger partial charge < -0.3 is 48.5 Å². The Kier molecular flexibility index (Phi) is 19.2. The first kappa shape index (κ1) is 49.2. The van der Waals surface area contributed by atoms with Crippen LogP contribution in [-0.4, -0.2) is 74.0 Å². The number of nitrogens with one attached hydrogen (secondary N) is 2. The van der Waals surface area contributed by atoms with Crippen molar-refractivity contribution in [2.45, 2.75) is 89.4 Å². The van der Waals surface area contributed by atoms with E-state index in [4.69, 9.17) is 37.9 Å². The molecule has 0 aliphatic carbocycles. The highest BCUT2D eigenvalue weighted by Gasteiger charge is 2.50. The summed E-state index contributed by atoms with van der Waals surface area (Å²) < 4.78 is 51.5. The minimum atomic E-state index is -1.38. The molecule has 6 aromatic carbocycles. The van der Waals surface area contributed by atoms with Gasteiger partial charge in [-0.2, -0.15) is 0 Å². The van der Waals surface area contributed by atoms with Crippen molar-refractivity contribution < 1.29 is 52.3 Å². The highest BCUT2D eigenvalue weighted by molar-refractivity contribution is 5.87. The van der Waals surface area contributed by atoms with Crippen LogP contribution in [0.4, 0.5) is 4.79 Å². The number of carbonyl (C=O) groups is 3. The van der Waals surface area contributed by atoms with Crippen molar-refractivity contribution in [3.8, 4) is 0 Å². The van der Waals surface area contributed by atoms with Gasteiger partial charge in [0.2, 0.25) is 5.91 Å². The predicted octanol–water partition coefficient (Wildman–Crippen LogP) is 8.24. The van der Waals surface area contributed by atoms with E-state index in [2.05, 4.69) is 10.6 Å². The molecule has 0 unspecified atom stereocenters. The molecule has 1 saturated heterocycles. The van der Waals surface area contributed by atoms with Crippen LogP contribution in [0.15, 0.2) is 182 Å². The number of hydrogen-bond acceptors (Lipinski definition) is 11. The minimum Gasteiger partial charge on any atom is -0.459 e. The van der Waals surface area contributed by atoms with E-state index >= 15 is 0 Å². The van der Waals surface area contributed by atoms with Gasteiger partial charge in [0, 0.05) is 0 Å². The zero-order chi connectivity index (χ0) is 47.2. The summed E-state index contributed by atoms with van der Waals surface area (Å²) in [5.74, 6) is -1.46. The molecular weight excluding hydrogens is 865 g/mol. The number of carbonyl (C=O) groups excluding carboxylic acids is 3. The molecule has 2 amide bonds. The molecule has 354 valence electrons. The molecule has 6 aromatic rings. The Morgan fingerprint density at radius 2 is 0.897 bits per heavy atom. The van der Waals surface area contributed by atoms with E-state index in [1.807, 2.05) is 182 Å². The van der Waals surface area contributed by atoms with Crippen molar-refractivity contribution in [1.82, 2.24) is 10.6 Å². The Labute approximate surface area is 397 Å². The number of alkyl carbamates (subject to hydrolysis) is 1. The van der Waals surface area contributed by atoms with Gasteiger partial charge in [0.05, 0.1) is 39.1 Å². The van der Waals surface area contributed by atoms with Crippen molar-refractivity contribution in [2.24, 2.45) is 0 Å². The van der Waals surface area contributed by atoms with E-state index in [9.17, 15) is 14.4 Å². The molecule has 1 fully saturated rings. The number of benzene rings is 6. The standard InChI is InChI=1S/C55H58N2O11/c1-40(49(53(59)65-37-45-28-16-6-17-29-45)57-48(58)32-56-55(60)66-38-46-30-18-7-19-31-46)67-54-52(64-36-44-26-14-5-15-27-44)51(63-35-43-24-12-4-13-25-43)50(62-34-42-22-10-3-11-23-42)47(68-54)39-61-33-41-20-8-2-9-21-41/h2-31,40,47,49-52,54H,32-39H2,1H3,(H,56,60)(H,57,58)/t40-,47-,49+,50+,51+,52-,54-/m1/s1. The van der Waals surface area contributed by atoms with E-state index in [-0.39, 0.29) is 39.6 Å². The van der Waals surface area contributed by atoms with Gasteiger partial charge in [0.1, 0.15) is 44.2 Å². The zero-order valence-corrected chi connectivity index (χ0v) is 38.0. The Bertz CT molecular complexity index is 2380. The van der Waals surface area contributed by atoms with E-state index in [1.54, 1.807) is 6.92 Å². The van der Waals surface area contributed by atoms with E-state index in [1.165, 1.54) is 0 Å². The maximum Gasteiger partial charge on any atom is 0.407 e. The Hall–Kier alpha value is -6.71. The lowest BCUT2D eigenvalue weighted by atomic mass is 9.97. The molecule has 1 heterocycles. The van der Waals surface area contributed by atoms with Crippen LogP contribution in [0.25, 0.3) is 0 Å². The van der Waals surface area contributed by atoms with Gasteiger partial charge in [-0.05, 0) is 40.3 Å². The molecule has 13 heteroatoms. The number of ether oxygens (including phenoxy) is 8. The van der Waals surface area contributed by atoms with Crippen LogP contribution < -0.4 is 10.6 Å². The largest absolute Gasteiger partial charge is 0.459 e. The number of hydrogen-bond donors (Lipinski definition) is 2. The third kappa shape index (κ3) is 15.7. The molecule has 7 atom stereocenters. The molecule has 68 heavy (non-hydrogen) atoms. The second-order valence-electron chi connectivity index (χ2n) is 16.2. The van der Waals surface area contributed by atoms with Gasteiger partial charge >= 0.3 is 12.1 Å². The second-order valence-corrected chi connectivity index (χ2v) is 16.2. The van der Waals surface area contributed by atoms with Gasteiger partial charge in [-0.15, -0.1) is 0 Å². The van der Waals surface area contributed by atoms with Crippen LogP contribution in [0, 0.1) is 0 Å². The topological polar surface area (TPSA) is 149 Å². The Morgan fingerprint density at radius 3 is 1.37 bits per heavy atom. The summed E-state index contributed by atoms with van der Waals surface area (Å²) in [6.07, 6.45) is -6.40. The summed E-state index contributed by atoms with van der Waals surface area (Å²) in [6, 6.07) is 56.0. The first-order valence-electron chi connectivity index (χ1n) is 22.7. The smallest absolute Gasteiger partial charge is 0.407 e. The fraction of sp³-hybridized carbons (Fsp3) is 0.291. The van der Waals surface area contributed by atoms with Crippen LogP contribution in [-0.2, 0) is 87.1 Å². The fourth-order valence-electron chi connectivity index (χ4n) is 7.48. The van der Waals surface area contributed by atoms with Crippen LogP contribution in [0.2, 0.25) is 0 Å². The lowest BCUT2D eigenvalue weighted by Gasteiger charge is -2.46. The molecule has 0 saturated carbocycles. The van der Waals surface area contributed by atoms with Crippen molar-refractivity contribution in [3.05, 3.63) is 215 Å². The SMILES string of the molecule is C[C@@H](O[C@@H]1O[C@H](COCc2ccccc2)[C@H](OCc2ccccc2)[C@H](OCc2ccccc2)[C@H]1OCc1ccccc1)[C@H](NC(=O)CNC(=O)OCc1ccccc1)C(=O)OCc1ccccc1. The third-order valence-corrected chi connectivity index (χ3v) is 11.1. The summed E-state index contributed by atoms with van der Waals surface area (Å²) in [5.41, 5.74) is 5.25. The summed E-state index contributed by atoms with van der Waals surface area (Å²) in [6.45, 7) is 2.04. The van der Waals surface area contributed by atoms with Crippen molar-refractivity contribution in [1.29, 1.82) is 0 Å². The molecule has 0 radical (unpaired) electrons. The van der Waals surface area contributed by atoms with Gasteiger partial charge in [-0.1, -0.05) is 182 Å². The van der Waals surface area contributed by atoms with Gasteiger partial charge in [-0.3, -0.25) is 4.79 Å². The van der Waals surface area contributed by atoms with E-state index in [0.29, 0.717) is 6.61 Å². The van der Waals surface area contributed by atoms with E-state index < -0.39 is 67.4 Å². The summed E-state index contributed by atoms with van der Waals surface area (Å²) >= 11 is 0. The van der Waals surface area contributed by atoms with Gasteiger partial charge in [0.15, 0.2) is 12.3 Å². The normalized spacial score (nSPS) is 18.7. The van der Waals surface area contributed by atoms with Crippen LogP contribution in [0.1, 0.15) is 40.3 Å². The van der Waals surface area contributed by atoms with Crippen molar-refractivity contribution >= 4 is 18.0 Å². The zero-order valence-electron chi connectivity index (χ0n) is 38.0. The predicted molar refractivity (Wildman–Crippen MR) is 253 cm³/mol. The fourth-order valence-corrected chi connectivity index (χ4v) is 7.48. The molecule has 1 aliphatic heterocycles. The van der Waals surface area contributed by atoms with Gasteiger partial charge in [-0.25, -0.2) is 9.59 Å². The Balaban J connectivity index is 1.16. The Morgan fingerprint density at radius 1 is 0.500 bits per heavy atom. The van der Waals surface area contributed by atoms with Crippen molar-refractivity contribution in [2.75, 3.05) is 13.2 Å². The first-order chi connectivity index (χ1) is 33.4. The molecule has 13 nitrogen and oxygen atoms in total. The highest BCUT2D eigenvalue weighted by Crippen LogP contribution is 2.33. The summed E-state index contributed by atoms with van der Waals surface area (Å²) in [5, 5.41) is 5.19. The quantitative estimate of drug-likeness (QED) is 0.0566. The lowest BCUT2D eigenvalue weighted by Crippen LogP contribution is -2.63. The molecule has 0 bridgehead atoms. The molecule has 7 rings (SSSR count). The molecule has 2 N–H and O–H groups in total. The van der Waals surface area contributed by atoms with Gasteiger partial charge in [0.25, 0.3) is 0 Å². The van der Waals surface area contributed by atoms with E-state index in [0.717, 1.165) is 33.4 Å². The maximum atomic E-state index is 14.1. The van der Waals surface area contributed by atoms with Crippen LogP contribution in [0.5, 0.6) is 0 Å². The molecule has 0 spiro atoms. The van der Waals surface area contributed by atoms with Crippen molar-refractivity contribution in [3.63, 3.8) is 0 Å². The second kappa shape index (κ2) is 26.6. The average Bonchev–Trinajstić information content (AvgIpc) is 3.38. The first-order valence-corrected chi connectivity index (χ1v) is 22.7. The average molecular weight is 923 g/mol. The van der Waals surface area contributed by atoms with Crippen LogP contribution >= 0.6 is 0 Å². The third-order valence-electron chi connectivity index (χ3n) is 11.1. The molecule has 1 aliphatic rings. The number of rotatable bonds is 24. The number of amides is 2. The molecule has 0 aromatic heterocycles. The molecular formula is C55H58N2O11. The minimum absolute atomic E-state index is 0.00893. The number of esters is 1. The lowest BCUT2D eigenvalue weighted by molar-refractivity contribution is -0.336. The summed E-state index contributed by atoms with van der Waals surface area (Å²) in [4.78, 5) is 40.3. The summed E-state index contributed by atoms with van der Waals surface area (Å²) in [7, 11) is 0. The monoisotopic (exact) mass is 922 g/mol. The highest BCUT2D eigenvalue weighted by atomic mass is 16.7. The maximum absolute atomic E-state index is 14.1. The van der Waals surface area contributed by atoms with Crippen LogP contribution in [0.3, 0.4) is 0 Å².